The fourth-order valence-corrected chi connectivity index (χ4v) is 2.15. The maximum absolute atomic E-state index is 11.3. The number of nitrogens with zero attached hydrogens (tertiary/aromatic N) is 1. The molecule has 0 aliphatic rings. The number of carbonyl (C=O) groups excluding carboxylic acids is 2. The van der Waals surface area contributed by atoms with Crippen molar-refractivity contribution in [1.29, 1.82) is 0 Å². The Morgan fingerprint density at radius 3 is 1.88 bits per heavy atom. The van der Waals surface area contributed by atoms with Crippen LogP contribution in [0.2, 0.25) is 0 Å². The molecule has 0 bridgehead atoms. The lowest BCUT2D eigenvalue weighted by Gasteiger charge is -2.19. The molecule has 0 saturated heterocycles. The predicted molar refractivity (Wildman–Crippen MR) is 97.4 cm³/mol. The summed E-state index contributed by atoms with van der Waals surface area (Å²) in [7, 11) is 0. The van der Waals surface area contributed by atoms with Crippen molar-refractivity contribution in [3.05, 3.63) is 0 Å². The van der Waals surface area contributed by atoms with Crippen molar-refractivity contribution in [1.82, 2.24) is 5.23 Å². The molecule has 0 saturated carbocycles. The molecule has 0 fully saturated rings. The highest BCUT2D eigenvalue weighted by Crippen LogP contribution is 2.10. The molecule has 25 heavy (non-hydrogen) atoms. The fourth-order valence-electron chi connectivity index (χ4n) is 2.15. The van der Waals surface area contributed by atoms with Crippen molar-refractivity contribution < 1.29 is 24.0 Å². The molecular weight excluding hydrogens is 322 g/mol. The Morgan fingerprint density at radius 1 is 0.800 bits per heavy atom. The Kier molecular flexibility index (Phi) is 15.6. The summed E-state index contributed by atoms with van der Waals surface area (Å²) in [4.78, 5) is 32.6. The quantitative estimate of drug-likeness (QED) is 0.300. The monoisotopic (exact) mass is 359 g/mol. The maximum Gasteiger partial charge on any atom is 0.328 e. The molecule has 0 unspecified atom stereocenters. The molecule has 0 spiro atoms. The molecule has 0 heterocycles. The largest absolute Gasteiger partial charge is 0.381 e. The Labute approximate surface area is 153 Å². The fraction of sp³-hybridized carbons (Fsp3) is 0.895. The first-order valence-corrected chi connectivity index (χ1v) is 9.76. The Balaban J connectivity index is 3.63. The van der Waals surface area contributed by atoms with Gasteiger partial charge in [-0.1, -0.05) is 59.8 Å². The summed E-state index contributed by atoms with van der Waals surface area (Å²) in [5.74, 6) is -0.0549. The highest BCUT2D eigenvalue weighted by Gasteiger charge is 2.14. The Morgan fingerprint density at radius 2 is 1.32 bits per heavy atom. The van der Waals surface area contributed by atoms with Crippen LogP contribution < -0.4 is 0 Å². The average Bonchev–Trinajstić information content (AvgIpc) is 2.58. The van der Waals surface area contributed by atoms with E-state index in [1.165, 1.54) is 32.1 Å². The Hall–Kier alpha value is -1.14. The molecule has 148 valence electrons. The van der Waals surface area contributed by atoms with Crippen LogP contribution in [0.25, 0.3) is 0 Å². The molecule has 0 aromatic carbocycles. The van der Waals surface area contributed by atoms with Gasteiger partial charge in [-0.3, -0.25) is 9.59 Å². The summed E-state index contributed by atoms with van der Waals surface area (Å²) in [5, 5.41) is 0.968. The van der Waals surface area contributed by atoms with Gasteiger partial charge in [0.25, 0.3) is 0 Å². The van der Waals surface area contributed by atoms with Gasteiger partial charge in [0.1, 0.15) is 0 Å². The molecule has 0 aromatic rings. The van der Waals surface area contributed by atoms with Gasteiger partial charge in [-0.05, 0) is 18.8 Å². The first-order chi connectivity index (χ1) is 12.0. The first kappa shape index (κ1) is 23.9. The number of hydrogen-bond acceptors (Lipinski definition) is 6. The number of unbranched alkanes of at least 4 members (excludes halogenated alkanes) is 4. The van der Waals surface area contributed by atoms with Gasteiger partial charge in [0.15, 0.2) is 0 Å². The van der Waals surface area contributed by atoms with E-state index >= 15 is 0 Å². The molecule has 0 rings (SSSR count). The van der Waals surface area contributed by atoms with Crippen molar-refractivity contribution in [2.45, 2.75) is 85.5 Å². The van der Waals surface area contributed by atoms with Crippen LogP contribution in [0.5, 0.6) is 0 Å². The van der Waals surface area contributed by atoms with Gasteiger partial charge in [-0.25, -0.2) is 0 Å². The van der Waals surface area contributed by atoms with Gasteiger partial charge >= 0.3 is 11.9 Å². The third-order valence-electron chi connectivity index (χ3n) is 3.68. The SMILES string of the molecule is CCC(=O)ON(CCCOCCCCCCCC(C)C)OC(=O)CC. The topological polar surface area (TPSA) is 65.1 Å². The third-order valence-corrected chi connectivity index (χ3v) is 3.68. The zero-order valence-electron chi connectivity index (χ0n) is 16.6. The summed E-state index contributed by atoms with van der Waals surface area (Å²) >= 11 is 0. The molecule has 0 atom stereocenters. The van der Waals surface area contributed by atoms with Crippen LogP contribution in [0.15, 0.2) is 0 Å². The van der Waals surface area contributed by atoms with E-state index in [1.54, 1.807) is 13.8 Å². The molecular formula is C19H37NO5. The van der Waals surface area contributed by atoms with Gasteiger partial charge in [0, 0.05) is 31.3 Å². The smallest absolute Gasteiger partial charge is 0.328 e. The minimum absolute atomic E-state index is 0.230. The van der Waals surface area contributed by atoms with Crippen molar-refractivity contribution >= 4 is 11.9 Å². The first-order valence-electron chi connectivity index (χ1n) is 9.76. The van der Waals surface area contributed by atoms with Crippen molar-refractivity contribution in [2.24, 2.45) is 5.92 Å². The summed E-state index contributed by atoms with van der Waals surface area (Å²) in [6.07, 6.45) is 8.57. The zero-order valence-corrected chi connectivity index (χ0v) is 16.6. The minimum Gasteiger partial charge on any atom is -0.381 e. The molecule has 0 aliphatic carbocycles. The molecule has 0 amide bonds. The summed E-state index contributed by atoms with van der Waals surface area (Å²) < 4.78 is 5.58. The van der Waals surface area contributed by atoms with Crippen molar-refractivity contribution in [2.75, 3.05) is 19.8 Å². The van der Waals surface area contributed by atoms with Gasteiger partial charge in [0.05, 0.1) is 6.54 Å². The predicted octanol–water partition coefficient (Wildman–Crippen LogP) is 4.43. The number of hydroxylamine groups is 2. The lowest BCUT2D eigenvalue weighted by atomic mass is 10.0. The van der Waals surface area contributed by atoms with Gasteiger partial charge in [-0.2, -0.15) is 0 Å². The van der Waals surface area contributed by atoms with E-state index < -0.39 is 11.9 Å². The second-order valence-electron chi connectivity index (χ2n) is 6.61. The van der Waals surface area contributed by atoms with Gasteiger partial charge in [-0.15, -0.1) is 0 Å². The van der Waals surface area contributed by atoms with Crippen molar-refractivity contribution in [3.8, 4) is 0 Å². The van der Waals surface area contributed by atoms with Crippen LogP contribution in [0.3, 0.4) is 0 Å². The van der Waals surface area contributed by atoms with Crippen molar-refractivity contribution in [3.63, 3.8) is 0 Å². The van der Waals surface area contributed by atoms with E-state index in [2.05, 4.69) is 13.8 Å². The van der Waals surface area contributed by atoms with Crippen LogP contribution in [0.4, 0.5) is 0 Å². The molecule has 0 radical (unpaired) electrons. The maximum atomic E-state index is 11.3. The van der Waals surface area contributed by atoms with E-state index in [1.807, 2.05) is 0 Å². The van der Waals surface area contributed by atoms with Gasteiger partial charge < -0.3 is 14.4 Å². The van der Waals surface area contributed by atoms with Crippen LogP contribution in [0.1, 0.15) is 85.5 Å². The normalized spacial score (nSPS) is 11.1. The van der Waals surface area contributed by atoms with E-state index in [0.717, 1.165) is 24.2 Å². The molecule has 6 nitrogen and oxygen atoms in total. The molecule has 0 aromatic heterocycles. The number of ether oxygens (including phenoxy) is 1. The summed E-state index contributed by atoms with van der Waals surface area (Å²) in [6.45, 7) is 9.52. The van der Waals surface area contributed by atoms with Crippen LogP contribution >= 0.6 is 0 Å². The number of carbonyl (C=O) groups is 2. The van der Waals surface area contributed by atoms with Gasteiger partial charge in [0.2, 0.25) is 0 Å². The average molecular weight is 360 g/mol. The summed E-state index contributed by atoms with van der Waals surface area (Å²) in [5.41, 5.74) is 0. The minimum atomic E-state index is -0.428. The Bertz CT molecular complexity index is 329. The highest BCUT2D eigenvalue weighted by atomic mass is 17.0. The number of rotatable bonds is 16. The molecule has 6 heteroatoms. The lowest BCUT2D eigenvalue weighted by molar-refractivity contribution is -0.325. The second-order valence-corrected chi connectivity index (χ2v) is 6.61. The van der Waals surface area contributed by atoms with E-state index in [-0.39, 0.29) is 12.8 Å². The molecule has 0 aliphatic heterocycles. The van der Waals surface area contributed by atoms with E-state index in [9.17, 15) is 9.59 Å². The van der Waals surface area contributed by atoms with E-state index in [4.69, 9.17) is 14.4 Å². The van der Waals surface area contributed by atoms with E-state index in [0.29, 0.717) is 19.6 Å². The molecule has 0 N–H and O–H groups in total. The highest BCUT2D eigenvalue weighted by molar-refractivity contribution is 5.69. The van der Waals surface area contributed by atoms with Crippen LogP contribution in [0, 0.1) is 5.92 Å². The van der Waals surface area contributed by atoms with Crippen LogP contribution in [-0.4, -0.2) is 36.9 Å². The third kappa shape index (κ3) is 16.1. The van der Waals surface area contributed by atoms with Crippen LogP contribution in [-0.2, 0) is 24.0 Å². The standard InChI is InChI=1S/C19H37NO5/c1-5-18(21)24-20(25-19(22)6-2)14-12-16-23-15-11-9-7-8-10-13-17(3)4/h17H,5-16H2,1-4H3. The summed E-state index contributed by atoms with van der Waals surface area (Å²) in [6, 6.07) is 0. The number of hydrogen-bond donors (Lipinski definition) is 0. The second kappa shape index (κ2) is 16.3. The lowest BCUT2D eigenvalue weighted by Crippen LogP contribution is -2.31. The zero-order chi connectivity index (χ0) is 18.9.